The minimum Gasteiger partial charge on any atom is -0.408 e. The van der Waals surface area contributed by atoms with Crippen LogP contribution in [-0.4, -0.2) is 4.98 Å². The van der Waals surface area contributed by atoms with E-state index >= 15 is 0 Å². The molecule has 1 unspecified atom stereocenters. The van der Waals surface area contributed by atoms with Crippen molar-refractivity contribution in [1.82, 2.24) is 4.98 Å². The third-order valence-corrected chi connectivity index (χ3v) is 4.49. The molecule has 0 aliphatic carbocycles. The van der Waals surface area contributed by atoms with Crippen LogP contribution in [0.25, 0.3) is 11.1 Å². The third kappa shape index (κ3) is 2.53. The number of halogens is 2. The zero-order valence-electron chi connectivity index (χ0n) is 9.69. The van der Waals surface area contributed by atoms with Gasteiger partial charge in [0.1, 0.15) is 0 Å². The third-order valence-electron chi connectivity index (χ3n) is 2.90. The number of rotatable bonds is 2. The predicted molar refractivity (Wildman–Crippen MR) is 81.7 cm³/mol. The molecule has 5 heteroatoms. The van der Waals surface area contributed by atoms with Crippen LogP contribution in [0.4, 0.5) is 0 Å². The predicted octanol–water partition coefficient (Wildman–Crippen LogP) is 4.37. The van der Waals surface area contributed by atoms with Crippen LogP contribution < -0.4 is 5.76 Å². The van der Waals surface area contributed by atoms with E-state index in [1.54, 1.807) is 0 Å². The lowest BCUT2D eigenvalue weighted by molar-refractivity contribution is 0.555. The number of H-pyrrole nitrogens is 1. The number of aromatic nitrogens is 1. The highest BCUT2D eigenvalue weighted by molar-refractivity contribution is 9.10. The SMILES string of the molecule is O=c1[nH]c2ccc(C(Br)c3ccc(Br)cc3)cc2o1. The monoisotopic (exact) mass is 381 g/mol. The van der Waals surface area contributed by atoms with Gasteiger partial charge in [-0.3, -0.25) is 4.98 Å². The minimum absolute atomic E-state index is 0.0604. The Morgan fingerprint density at radius 3 is 2.47 bits per heavy atom. The van der Waals surface area contributed by atoms with Gasteiger partial charge in [0.15, 0.2) is 5.58 Å². The number of hydrogen-bond acceptors (Lipinski definition) is 2. The normalized spacial score (nSPS) is 12.7. The van der Waals surface area contributed by atoms with E-state index in [1.165, 1.54) is 0 Å². The van der Waals surface area contributed by atoms with Crippen molar-refractivity contribution >= 4 is 43.0 Å². The van der Waals surface area contributed by atoms with Gasteiger partial charge in [-0.25, -0.2) is 4.79 Å². The van der Waals surface area contributed by atoms with E-state index in [9.17, 15) is 4.79 Å². The van der Waals surface area contributed by atoms with Gasteiger partial charge in [-0.15, -0.1) is 0 Å². The minimum atomic E-state index is -0.429. The highest BCUT2D eigenvalue weighted by Gasteiger charge is 2.12. The molecule has 3 nitrogen and oxygen atoms in total. The fraction of sp³-hybridized carbons (Fsp3) is 0.0714. The number of alkyl halides is 1. The molecule has 0 saturated heterocycles. The van der Waals surface area contributed by atoms with Gasteiger partial charge < -0.3 is 4.42 Å². The van der Waals surface area contributed by atoms with Crippen molar-refractivity contribution in [2.24, 2.45) is 0 Å². The Labute approximate surface area is 125 Å². The van der Waals surface area contributed by atoms with Crippen molar-refractivity contribution in [1.29, 1.82) is 0 Å². The molecule has 3 rings (SSSR count). The molecule has 0 aliphatic rings. The number of aromatic amines is 1. The van der Waals surface area contributed by atoms with E-state index < -0.39 is 5.76 Å². The Morgan fingerprint density at radius 1 is 1.05 bits per heavy atom. The summed E-state index contributed by atoms with van der Waals surface area (Å²) in [5, 5.41) is 0. The lowest BCUT2D eigenvalue weighted by Gasteiger charge is -2.10. The fourth-order valence-corrected chi connectivity index (χ4v) is 2.80. The van der Waals surface area contributed by atoms with Gasteiger partial charge in [-0.1, -0.05) is 50.1 Å². The summed E-state index contributed by atoms with van der Waals surface area (Å²) in [6, 6.07) is 13.8. The molecule has 3 aromatic rings. The second-order valence-corrected chi connectivity index (χ2v) is 6.02. The molecule has 0 aliphatic heterocycles. The maximum Gasteiger partial charge on any atom is 0.417 e. The van der Waals surface area contributed by atoms with Gasteiger partial charge in [0.25, 0.3) is 0 Å². The highest BCUT2D eigenvalue weighted by atomic mass is 79.9. The average molecular weight is 383 g/mol. The van der Waals surface area contributed by atoms with Gasteiger partial charge in [0.2, 0.25) is 0 Å². The standard InChI is InChI=1S/C14H9Br2NO2/c15-10-4-1-8(2-5-10)13(16)9-3-6-11-12(7-9)19-14(18)17-11/h1-7,13H,(H,17,18). The lowest BCUT2D eigenvalue weighted by atomic mass is 10.0. The van der Waals surface area contributed by atoms with Crippen molar-refractivity contribution in [2.45, 2.75) is 4.83 Å². The van der Waals surface area contributed by atoms with E-state index in [1.807, 2.05) is 42.5 Å². The number of hydrogen-bond donors (Lipinski definition) is 1. The Hall–Kier alpha value is -1.33. The summed E-state index contributed by atoms with van der Waals surface area (Å²) in [4.78, 5) is 13.8. The zero-order chi connectivity index (χ0) is 13.4. The summed E-state index contributed by atoms with van der Waals surface area (Å²) < 4.78 is 6.12. The number of fused-ring (bicyclic) bond motifs is 1. The first kappa shape index (κ1) is 12.7. The summed E-state index contributed by atoms with van der Waals surface area (Å²) in [6.07, 6.45) is 0. The summed E-state index contributed by atoms with van der Waals surface area (Å²) in [5.74, 6) is -0.429. The van der Waals surface area contributed by atoms with Crippen LogP contribution in [0.15, 0.2) is 56.1 Å². The average Bonchev–Trinajstić information content (AvgIpc) is 2.77. The molecule has 0 spiro atoms. The largest absolute Gasteiger partial charge is 0.417 e. The van der Waals surface area contributed by atoms with E-state index in [-0.39, 0.29) is 4.83 Å². The summed E-state index contributed by atoms with van der Waals surface area (Å²) in [7, 11) is 0. The molecule has 1 heterocycles. The van der Waals surface area contributed by atoms with Crippen LogP contribution in [-0.2, 0) is 0 Å². The number of nitrogens with one attached hydrogen (secondary N) is 1. The maximum atomic E-state index is 11.1. The first-order valence-corrected chi connectivity index (χ1v) is 7.36. The second-order valence-electron chi connectivity index (χ2n) is 4.18. The van der Waals surface area contributed by atoms with Gasteiger partial charge in [-0.2, -0.15) is 0 Å². The van der Waals surface area contributed by atoms with Crippen molar-refractivity contribution in [3.05, 3.63) is 68.6 Å². The van der Waals surface area contributed by atoms with Crippen LogP contribution in [0.3, 0.4) is 0 Å². The van der Waals surface area contributed by atoms with E-state index in [0.29, 0.717) is 11.1 Å². The molecule has 0 radical (unpaired) electrons. The van der Waals surface area contributed by atoms with Crippen molar-refractivity contribution in [3.8, 4) is 0 Å². The Bertz CT molecular complexity index is 774. The van der Waals surface area contributed by atoms with Crippen LogP contribution in [0.5, 0.6) is 0 Å². The van der Waals surface area contributed by atoms with Gasteiger partial charge in [-0.05, 0) is 35.4 Å². The molecule has 0 saturated carbocycles. The first-order valence-electron chi connectivity index (χ1n) is 5.66. The van der Waals surface area contributed by atoms with Crippen molar-refractivity contribution in [2.75, 3.05) is 0 Å². The van der Waals surface area contributed by atoms with Crippen molar-refractivity contribution in [3.63, 3.8) is 0 Å². The van der Waals surface area contributed by atoms with E-state index in [0.717, 1.165) is 15.6 Å². The van der Waals surface area contributed by atoms with Crippen LogP contribution in [0.1, 0.15) is 16.0 Å². The van der Waals surface area contributed by atoms with Gasteiger partial charge in [0.05, 0.1) is 10.3 Å². The Kier molecular flexibility index (Phi) is 3.33. The number of oxazole rings is 1. The summed E-state index contributed by atoms with van der Waals surface area (Å²) >= 11 is 7.08. The maximum absolute atomic E-state index is 11.1. The van der Waals surface area contributed by atoms with Gasteiger partial charge in [0, 0.05) is 4.47 Å². The molecule has 2 aromatic carbocycles. The summed E-state index contributed by atoms with van der Waals surface area (Å²) in [6.45, 7) is 0. The van der Waals surface area contributed by atoms with E-state index in [2.05, 4.69) is 36.8 Å². The molecule has 1 atom stereocenters. The summed E-state index contributed by atoms with van der Waals surface area (Å²) in [5.41, 5.74) is 3.46. The smallest absolute Gasteiger partial charge is 0.408 e. The fourth-order valence-electron chi connectivity index (χ4n) is 1.94. The quantitative estimate of drug-likeness (QED) is 0.669. The molecule has 0 amide bonds. The molecule has 1 N–H and O–H groups in total. The zero-order valence-corrected chi connectivity index (χ0v) is 12.9. The Morgan fingerprint density at radius 2 is 1.74 bits per heavy atom. The van der Waals surface area contributed by atoms with Crippen LogP contribution >= 0.6 is 31.9 Å². The lowest BCUT2D eigenvalue weighted by Crippen LogP contribution is -1.92. The topological polar surface area (TPSA) is 46.0 Å². The molecular weight excluding hydrogens is 374 g/mol. The molecule has 0 bridgehead atoms. The molecular formula is C14H9Br2NO2. The molecule has 19 heavy (non-hydrogen) atoms. The second kappa shape index (κ2) is 4.98. The molecule has 0 fully saturated rings. The molecule has 1 aromatic heterocycles. The highest BCUT2D eigenvalue weighted by Crippen LogP contribution is 2.32. The Balaban J connectivity index is 2.03. The van der Waals surface area contributed by atoms with E-state index in [4.69, 9.17) is 4.42 Å². The number of benzene rings is 2. The molecule has 96 valence electrons. The van der Waals surface area contributed by atoms with Gasteiger partial charge >= 0.3 is 5.76 Å². The van der Waals surface area contributed by atoms with Crippen LogP contribution in [0.2, 0.25) is 0 Å². The first-order chi connectivity index (χ1) is 9.13. The van der Waals surface area contributed by atoms with Crippen molar-refractivity contribution < 1.29 is 4.42 Å². The van der Waals surface area contributed by atoms with Crippen LogP contribution in [0, 0.1) is 0 Å².